The van der Waals surface area contributed by atoms with Crippen LogP contribution in [0, 0.1) is 6.92 Å². The fourth-order valence-corrected chi connectivity index (χ4v) is 5.29. The number of carbonyl (C=O) groups excluding carboxylic acids is 1. The molecule has 8 nitrogen and oxygen atoms in total. The second-order valence-electron chi connectivity index (χ2n) is 7.36. The summed E-state index contributed by atoms with van der Waals surface area (Å²) in [7, 11) is 2.95. The number of rotatable bonds is 5. The zero-order valence-corrected chi connectivity index (χ0v) is 19.7. The Hall–Kier alpha value is -3.45. The minimum absolute atomic E-state index is 0.108. The molecule has 1 N–H and O–H groups in total. The number of nitrogens with zero attached hydrogens (tertiary/aromatic N) is 3. The first-order chi connectivity index (χ1) is 15.9. The second kappa shape index (κ2) is 8.72. The van der Waals surface area contributed by atoms with Gasteiger partial charge in [-0.3, -0.25) is 18.7 Å². The highest BCUT2D eigenvalue weighted by molar-refractivity contribution is 7.18. The van der Waals surface area contributed by atoms with Gasteiger partial charge >= 0.3 is 12.1 Å². The number of alkyl halides is 3. The lowest BCUT2D eigenvalue weighted by Crippen LogP contribution is -2.36. The maximum absolute atomic E-state index is 12.7. The average molecular weight is 511 g/mol. The van der Waals surface area contributed by atoms with E-state index in [0.29, 0.717) is 27.0 Å². The number of aromatic nitrogens is 3. The Kier molecular flexibility index (Phi) is 6.08. The van der Waals surface area contributed by atoms with Crippen molar-refractivity contribution in [2.24, 2.45) is 14.1 Å². The number of aryl methyl sites for hydroxylation is 2. The Morgan fingerprint density at radius 1 is 1.21 bits per heavy atom. The maximum atomic E-state index is 12.7. The molecule has 0 aliphatic rings. The Balaban J connectivity index is 1.56. The van der Waals surface area contributed by atoms with Gasteiger partial charge in [-0.1, -0.05) is 12.1 Å². The number of benzene rings is 1. The number of fused-ring (bicyclic) bond motifs is 1. The zero-order valence-electron chi connectivity index (χ0n) is 18.0. The number of amides is 1. The molecule has 13 heteroatoms. The molecule has 0 saturated heterocycles. The standard InChI is InChI=1S/C21H17F3N4O4S2/c1-10-13(16-17(30)27(2)20(31)28(3)18(16)34-10)8-15(29)26-19-25-14(9-33-19)11-5-4-6-12(7-11)32-21(22,23)24/h4-7,9H,8H2,1-3H3,(H,25,26,29). The van der Waals surface area contributed by atoms with Crippen molar-refractivity contribution < 1.29 is 22.7 Å². The van der Waals surface area contributed by atoms with Crippen molar-refractivity contribution >= 4 is 43.9 Å². The second-order valence-corrected chi connectivity index (χ2v) is 9.42. The summed E-state index contributed by atoms with van der Waals surface area (Å²) in [5.74, 6) is -0.798. The van der Waals surface area contributed by atoms with Gasteiger partial charge in [0.15, 0.2) is 5.13 Å². The zero-order chi connectivity index (χ0) is 24.8. The number of nitrogens with one attached hydrogen (secondary N) is 1. The van der Waals surface area contributed by atoms with Crippen LogP contribution in [-0.2, 0) is 25.3 Å². The Labute approximate surface area is 197 Å². The lowest BCUT2D eigenvalue weighted by molar-refractivity contribution is -0.274. The first kappa shape index (κ1) is 23.7. The number of carbonyl (C=O) groups is 1. The Morgan fingerprint density at radius 2 is 1.94 bits per heavy atom. The van der Waals surface area contributed by atoms with Crippen LogP contribution >= 0.6 is 22.7 Å². The number of ether oxygens (including phenoxy) is 1. The van der Waals surface area contributed by atoms with Crippen LogP contribution in [0.5, 0.6) is 5.75 Å². The Bertz CT molecular complexity index is 1530. The van der Waals surface area contributed by atoms with E-state index in [4.69, 9.17) is 0 Å². The van der Waals surface area contributed by atoms with Gasteiger partial charge in [-0.25, -0.2) is 9.78 Å². The molecule has 0 bridgehead atoms. The quantitative estimate of drug-likeness (QED) is 0.441. The van der Waals surface area contributed by atoms with Gasteiger partial charge in [0.05, 0.1) is 17.5 Å². The molecule has 0 saturated carbocycles. The summed E-state index contributed by atoms with van der Waals surface area (Å²) in [5.41, 5.74) is 0.372. The molecular formula is C21H17F3N4O4S2. The smallest absolute Gasteiger partial charge is 0.406 e. The first-order valence-corrected chi connectivity index (χ1v) is 11.4. The highest BCUT2D eigenvalue weighted by atomic mass is 32.1. The van der Waals surface area contributed by atoms with Gasteiger partial charge < -0.3 is 10.1 Å². The molecule has 0 unspecified atom stereocenters. The van der Waals surface area contributed by atoms with Crippen molar-refractivity contribution in [1.82, 2.24) is 14.1 Å². The van der Waals surface area contributed by atoms with E-state index in [1.807, 2.05) is 0 Å². The van der Waals surface area contributed by atoms with Crippen LogP contribution in [0.15, 0.2) is 39.2 Å². The van der Waals surface area contributed by atoms with Gasteiger partial charge in [-0.2, -0.15) is 0 Å². The van der Waals surface area contributed by atoms with E-state index in [2.05, 4.69) is 15.0 Å². The molecule has 34 heavy (non-hydrogen) atoms. The van der Waals surface area contributed by atoms with Gasteiger partial charge in [0.1, 0.15) is 10.6 Å². The molecule has 4 aromatic rings. The molecule has 178 valence electrons. The van der Waals surface area contributed by atoms with E-state index in [1.165, 1.54) is 41.2 Å². The summed E-state index contributed by atoms with van der Waals surface area (Å²) in [4.78, 5) is 43.1. The fraction of sp³-hybridized carbons (Fsp3) is 0.238. The molecule has 3 aromatic heterocycles. The molecule has 3 heterocycles. The van der Waals surface area contributed by atoms with Crippen molar-refractivity contribution in [1.29, 1.82) is 0 Å². The average Bonchev–Trinajstić information content (AvgIpc) is 3.34. The summed E-state index contributed by atoms with van der Waals surface area (Å²) in [5, 5.41) is 4.83. The summed E-state index contributed by atoms with van der Waals surface area (Å²) in [6.45, 7) is 1.77. The van der Waals surface area contributed by atoms with Crippen molar-refractivity contribution in [3.8, 4) is 17.0 Å². The van der Waals surface area contributed by atoms with Gasteiger partial charge in [0.25, 0.3) is 5.56 Å². The molecule has 0 aliphatic heterocycles. The van der Waals surface area contributed by atoms with Crippen LogP contribution in [0.3, 0.4) is 0 Å². The van der Waals surface area contributed by atoms with Crippen molar-refractivity contribution in [2.45, 2.75) is 19.7 Å². The topological polar surface area (TPSA) is 95.2 Å². The number of anilines is 1. The van der Waals surface area contributed by atoms with E-state index < -0.39 is 23.5 Å². The van der Waals surface area contributed by atoms with E-state index in [1.54, 1.807) is 25.4 Å². The minimum atomic E-state index is -4.81. The fourth-order valence-electron chi connectivity index (χ4n) is 3.44. The van der Waals surface area contributed by atoms with Gasteiger partial charge in [0.2, 0.25) is 5.91 Å². The van der Waals surface area contributed by atoms with Crippen LogP contribution < -0.4 is 21.3 Å². The van der Waals surface area contributed by atoms with Crippen molar-refractivity contribution in [3.63, 3.8) is 0 Å². The first-order valence-electron chi connectivity index (χ1n) is 9.74. The summed E-state index contributed by atoms with van der Waals surface area (Å²) >= 11 is 2.37. The van der Waals surface area contributed by atoms with Crippen LogP contribution in [0.2, 0.25) is 0 Å². The molecule has 0 fully saturated rings. The molecular weight excluding hydrogens is 493 g/mol. The van der Waals surface area contributed by atoms with Crippen LogP contribution in [0.4, 0.5) is 18.3 Å². The lowest BCUT2D eigenvalue weighted by atomic mass is 10.1. The lowest BCUT2D eigenvalue weighted by Gasteiger charge is -2.09. The van der Waals surface area contributed by atoms with E-state index in [9.17, 15) is 27.6 Å². The molecule has 0 atom stereocenters. The predicted octanol–water partition coefficient (Wildman–Crippen LogP) is 3.81. The van der Waals surface area contributed by atoms with Crippen LogP contribution in [0.1, 0.15) is 10.4 Å². The summed E-state index contributed by atoms with van der Waals surface area (Å²) in [6, 6.07) is 5.37. The minimum Gasteiger partial charge on any atom is -0.406 e. The molecule has 0 radical (unpaired) electrons. The SMILES string of the molecule is Cc1sc2c(c1CC(=O)Nc1nc(-c3cccc(OC(F)(F)F)c3)cs1)c(=O)n(C)c(=O)n2C. The van der Waals surface area contributed by atoms with Crippen molar-refractivity contribution in [3.05, 3.63) is 60.9 Å². The van der Waals surface area contributed by atoms with E-state index in [0.717, 1.165) is 20.8 Å². The van der Waals surface area contributed by atoms with Gasteiger partial charge in [-0.05, 0) is 24.6 Å². The molecule has 1 amide bonds. The molecule has 0 aliphatic carbocycles. The van der Waals surface area contributed by atoms with E-state index in [-0.39, 0.29) is 17.3 Å². The normalized spacial score (nSPS) is 11.7. The highest BCUT2D eigenvalue weighted by Crippen LogP contribution is 2.31. The van der Waals surface area contributed by atoms with Crippen LogP contribution in [0.25, 0.3) is 21.5 Å². The number of thiazole rings is 1. The van der Waals surface area contributed by atoms with Gasteiger partial charge in [0, 0.05) is 29.9 Å². The van der Waals surface area contributed by atoms with Gasteiger partial charge in [-0.15, -0.1) is 35.8 Å². The molecule has 0 spiro atoms. The maximum Gasteiger partial charge on any atom is 0.573 e. The third-order valence-corrected chi connectivity index (χ3v) is 7.02. The number of halogens is 3. The Morgan fingerprint density at radius 3 is 2.65 bits per heavy atom. The van der Waals surface area contributed by atoms with Crippen LogP contribution in [-0.4, -0.2) is 26.4 Å². The monoisotopic (exact) mass is 510 g/mol. The molecule has 1 aromatic carbocycles. The largest absolute Gasteiger partial charge is 0.573 e. The summed E-state index contributed by atoms with van der Waals surface area (Å²) < 4.78 is 43.7. The molecule has 4 rings (SSSR count). The summed E-state index contributed by atoms with van der Waals surface area (Å²) in [6.07, 6.45) is -4.92. The number of thiophene rings is 1. The van der Waals surface area contributed by atoms with E-state index >= 15 is 0 Å². The van der Waals surface area contributed by atoms with Crippen molar-refractivity contribution in [2.75, 3.05) is 5.32 Å². The predicted molar refractivity (Wildman–Crippen MR) is 124 cm³/mol. The highest BCUT2D eigenvalue weighted by Gasteiger charge is 2.31. The number of hydrogen-bond donors (Lipinski definition) is 1. The number of hydrogen-bond acceptors (Lipinski definition) is 7. The third-order valence-electron chi connectivity index (χ3n) is 5.04. The third kappa shape index (κ3) is 4.61.